The van der Waals surface area contributed by atoms with Crippen molar-refractivity contribution in [2.24, 2.45) is 0 Å². The number of thiophene rings is 1. The van der Waals surface area contributed by atoms with E-state index in [1.165, 1.54) is 22.2 Å². The number of benzene rings is 1. The van der Waals surface area contributed by atoms with E-state index in [4.69, 9.17) is 4.74 Å². The first-order chi connectivity index (χ1) is 13.0. The van der Waals surface area contributed by atoms with E-state index < -0.39 is 12.0 Å². The molecule has 0 aliphatic carbocycles. The van der Waals surface area contributed by atoms with Crippen LogP contribution in [0.15, 0.2) is 39.9 Å². The van der Waals surface area contributed by atoms with Gasteiger partial charge in [0.25, 0.3) is 5.56 Å². The highest BCUT2D eigenvalue weighted by Crippen LogP contribution is 2.37. The van der Waals surface area contributed by atoms with Gasteiger partial charge in [0.2, 0.25) is 0 Å². The molecule has 0 amide bonds. The Balaban J connectivity index is 2.25. The van der Waals surface area contributed by atoms with E-state index in [1.54, 1.807) is 6.92 Å². The molecule has 7 heteroatoms. The van der Waals surface area contributed by atoms with Gasteiger partial charge in [0.15, 0.2) is 0 Å². The lowest BCUT2D eigenvalue weighted by molar-refractivity contribution is -0.147. The number of esters is 1. The molecule has 0 radical (unpaired) electrons. The number of carbonyl (C=O) groups is 1. The lowest BCUT2D eigenvalue weighted by Gasteiger charge is -2.16. The van der Waals surface area contributed by atoms with Crippen molar-refractivity contribution in [1.82, 2.24) is 9.55 Å². The van der Waals surface area contributed by atoms with E-state index in [-0.39, 0.29) is 12.2 Å². The molecule has 1 aromatic carbocycles. The molecular formula is C20H21BrN2O3S. The smallest absolute Gasteiger partial charge is 0.329 e. The third-order valence-electron chi connectivity index (χ3n) is 4.45. The van der Waals surface area contributed by atoms with Crippen LogP contribution in [0.4, 0.5) is 0 Å². The second kappa shape index (κ2) is 8.35. The summed E-state index contributed by atoms with van der Waals surface area (Å²) >= 11 is 4.98. The number of aromatic nitrogens is 2. The zero-order valence-corrected chi connectivity index (χ0v) is 17.9. The minimum atomic E-state index is -0.669. The number of aryl methyl sites for hydroxylation is 1. The van der Waals surface area contributed by atoms with Gasteiger partial charge in [0.05, 0.1) is 18.3 Å². The van der Waals surface area contributed by atoms with E-state index in [2.05, 4.69) is 27.8 Å². The van der Waals surface area contributed by atoms with E-state index in [0.717, 1.165) is 26.9 Å². The summed E-state index contributed by atoms with van der Waals surface area (Å²) in [4.78, 5) is 31.9. The van der Waals surface area contributed by atoms with Gasteiger partial charge in [-0.1, -0.05) is 41.9 Å². The van der Waals surface area contributed by atoms with Crippen LogP contribution in [-0.4, -0.2) is 22.1 Å². The molecule has 2 aromatic heterocycles. The summed E-state index contributed by atoms with van der Waals surface area (Å²) < 4.78 is 7.53. The molecule has 27 heavy (non-hydrogen) atoms. The maximum atomic E-state index is 13.3. The second-order valence-electron chi connectivity index (χ2n) is 6.07. The van der Waals surface area contributed by atoms with Crippen molar-refractivity contribution in [3.8, 4) is 11.1 Å². The number of carbonyl (C=O) groups excluding carboxylic acids is 1. The van der Waals surface area contributed by atoms with E-state index in [0.29, 0.717) is 16.6 Å². The number of hydrogen-bond acceptors (Lipinski definition) is 5. The minimum Gasteiger partial charge on any atom is -0.464 e. The number of rotatable bonds is 6. The molecule has 1 atom stereocenters. The standard InChI is InChI=1S/C20H21BrN2O3S/c1-4-14(20(25)26-6-3)23-11-22-18-17(19(23)24)16(15(5-2)27-18)12-7-9-13(21)10-8-12/h7-11,14H,4-6H2,1-3H3. The summed E-state index contributed by atoms with van der Waals surface area (Å²) in [6.07, 6.45) is 2.74. The first-order valence-electron chi connectivity index (χ1n) is 8.96. The van der Waals surface area contributed by atoms with Gasteiger partial charge in [-0.2, -0.15) is 0 Å². The van der Waals surface area contributed by atoms with Crippen molar-refractivity contribution >= 4 is 43.5 Å². The van der Waals surface area contributed by atoms with E-state index >= 15 is 0 Å². The summed E-state index contributed by atoms with van der Waals surface area (Å²) in [5.41, 5.74) is 1.69. The highest BCUT2D eigenvalue weighted by molar-refractivity contribution is 9.10. The molecule has 0 N–H and O–H groups in total. The second-order valence-corrected chi connectivity index (χ2v) is 8.07. The Morgan fingerprint density at radius 2 is 1.96 bits per heavy atom. The normalized spacial score (nSPS) is 12.3. The van der Waals surface area contributed by atoms with Crippen LogP contribution >= 0.6 is 27.3 Å². The largest absolute Gasteiger partial charge is 0.464 e. The predicted octanol–water partition coefficient (Wildman–Crippen LogP) is 4.96. The van der Waals surface area contributed by atoms with Gasteiger partial charge >= 0.3 is 5.97 Å². The Labute approximate surface area is 170 Å². The summed E-state index contributed by atoms with van der Waals surface area (Å²) in [6, 6.07) is 7.23. The first kappa shape index (κ1) is 19.8. The fourth-order valence-corrected chi connectivity index (χ4v) is 4.51. The summed E-state index contributed by atoms with van der Waals surface area (Å²) in [6.45, 7) is 5.97. The van der Waals surface area contributed by atoms with Crippen LogP contribution in [0.2, 0.25) is 0 Å². The van der Waals surface area contributed by atoms with Crippen LogP contribution in [0.5, 0.6) is 0 Å². The minimum absolute atomic E-state index is 0.200. The van der Waals surface area contributed by atoms with Gasteiger partial charge in [0, 0.05) is 14.9 Å². The summed E-state index contributed by atoms with van der Waals surface area (Å²) in [5.74, 6) is -0.403. The van der Waals surface area contributed by atoms with Gasteiger partial charge in [-0.05, 0) is 37.5 Å². The SMILES string of the molecule is CCOC(=O)C(CC)n1cnc2sc(CC)c(-c3ccc(Br)cc3)c2c1=O. The van der Waals surface area contributed by atoms with Crippen molar-refractivity contribution in [3.05, 3.63) is 50.3 Å². The van der Waals surface area contributed by atoms with E-state index in [1.807, 2.05) is 31.2 Å². The van der Waals surface area contributed by atoms with Crippen molar-refractivity contribution in [2.75, 3.05) is 6.61 Å². The molecule has 3 rings (SSSR count). The summed E-state index contributed by atoms with van der Waals surface area (Å²) in [7, 11) is 0. The number of ether oxygens (including phenoxy) is 1. The average Bonchev–Trinajstić information content (AvgIpc) is 3.04. The van der Waals surface area contributed by atoms with Crippen molar-refractivity contribution in [2.45, 2.75) is 39.7 Å². The highest BCUT2D eigenvalue weighted by Gasteiger charge is 2.25. The number of fused-ring (bicyclic) bond motifs is 1. The monoisotopic (exact) mass is 448 g/mol. The molecule has 2 heterocycles. The lowest BCUT2D eigenvalue weighted by Crippen LogP contribution is -2.31. The molecule has 3 aromatic rings. The van der Waals surface area contributed by atoms with Crippen LogP contribution in [0.3, 0.4) is 0 Å². The third kappa shape index (κ3) is 3.71. The average molecular weight is 449 g/mol. The fourth-order valence-electron chi connectivity index (χ4n) is 3.16. The van der Waals surface area contributed by atoms with Crippen LogP contribution in [0.1, 0.15) is 38.1 Å². The van der Waals surface area contributed by atoms with E-state index in [9.17, 15) is 9.59 Å². The van der Waals surface area contributed by atoms with Crippen molar-refractivity contribution in [1.29, 1.82) is 0 Å². The maximum absolute atomic E-state index is 13.3. The molecule has 5 nitrogen and oxygen atoms in total. The van der Waals surface area contributed by atoms with Crippen LogP contribution in [0.25, 0.3) is 21.3 Å². The molecule has 0 aliphatic rings. The topological polar surface area (TPSA) is 61.2 Å². The quantitative estimate of drug-likeness (QED) is 0.499. The number of nitrogens with zero attached hydrogens (tertiary/aromatic N) is 2. The fraction of sp³-hybridized carbons (Fsp3) is 0.350. The third-order valence-corrected chi connectivity index (χ3v) is 6.22. The Morgan fingerprint density at radius 3 is 2.56 bits per heavy atom. The van der Waals surface area contributed by atoms with Gasteiger partial charge in [-0.25, -0.2) is 9.78 Å². The molecule has 0 fully saturated rings. The molecule has 0 aliphatic heterocycles. The zero-order chi connectivity index (χ0) is 19.6. The zero-order valence-electron chi connectivity index (χ0n) is 15.5. The van der Waals surface area contributed by atoms with Crippen LogP contribution < -0.4 is 5.56 Å². The van der Waals surface area contributed by atoms with Crippen LogP contribution in [-0.2, 0) is 16.0 Å². The van der Waals surface area contributed by atoms with Crippen LogP contribution in [0, 0.1) is 0 Å². The summed E-state index contributed by atoms with van der Waals surface area (Å²) in [5, 5.41) is 0.574. The number of hydrogen-bond donors (Lipinski definition) is 0. The highest BCUT2D eigenvalue weighted by atomic mass is 79.9. The lowest BCUT2D eigenvalue weighted by atomic mass is 10.0. The van der Waals surface area contributed by atoms with Crippen molar-refractivity contribution < 1.29 is 9.53 Å². The molecular weight excluding hydrogens is 428 g/mol. The molecule has 0 saturated heterocycles. The molecule has 1 unspecified atom stereocenters. The maximum Gasteiger partial charge on any atom is 0.329 e. The molecule has 0 saturated carbocycles. The Bertz CT molecular complexity index is 1020. The molecule has 142 valence electrons. The van der Waals surface area contributed by atoms with Gasteiger partial charge in [-0.3, -0.25) is 9.36 Å². The Morgan fingerprint density at radius 1 is 1.26 bits per heavy atom. The predicted molar refractivity (Wildman–Crippen MR) is 112 cm³/mol. The van der Waals surface area contributed by atoms with Gasteiger partial charge < -0.3 is 4.74 Å². The number of halogens is 1. The Kier molecular flexibility index (Phi) is 6.11. The molecule has 0 spiro atoms. The van der Waals surface area contributed by atoms with Gasteiger partial charge in [-0.15, -0.1) is 11.3 Å². The Hall–Kier alpha value is -1.99. The van der Waals surface area contributed by atoms with Gasteiger partial charge in [0.1, 0.15) is 10.9 Å². The van der Waals surface area contributed by atoms with Crippen molar-refractivity contribution in [3.63, 3.8) is 0 Å². The first-order valence-corrected chi connectivity index (χ1v) is 10.6. The molecule has 0 bridgehead atoms.